The quantitative estimate of drug-likeness (QED) is 0.722. The van der Waals surface area contributed by atoms with E-state index in [2.05, 4.69) is 66.5 Å². The summed E-state index contributed by atoms with van der Waals surface area (Å²) in [5, 5.41) is 7.42. The summed E-state index contributed by atoms with van der Waals surface area (Å²) in [6, 6.07) is 19.4. The first-order valence-electron chi connectivity index (χ1n) is 9.45. The Labute approximate surface area is 149 Å². The number of nitrogens with zero attached hydrogens (tertiary/aromatic N) is 2. The number of ether oxygens (including phenoxy) is 1. The third kappa shape index (κ3) is 2.37. The first kappa shape index (κ1) is 15.0. The Hall–Kier alpha value is -2.29. The molecule has 3 heteroatoms. The Morgan fingerprint density at radius 2 is 1.72 bits per heavy atom. The molecule has 0 bridgehead atoms. The Bertz CT molecular complexity index is 806. The minimum atomic E-state index is -0.262. The van der Waals surface area contributed by atoms with Crippen molar-refractivity contribution in [2.75, 3.05) is 0 Å². The lowest BCUT2D eigenvalue weighted by Crippen LogP contribution is -2.55. The van der Waals surface area contributed by atoms with Crippen molar-refractivity contribution in [2.24, 2.45) is 11.0 Å². The van der Waals surface area contributed by atoms with Gasteiger partial charge in [-0.2, -0.15) is 5.10 Å². The lowest BCUT2D eigenvalue weighted by atomic mass is 9.82. The van der Waals surface area contributed by atoms with Gasteiger partial charge in [0.15, 0.2) is 5.72 Å². The summed E-state index contributed by atoms with van der Waals surface area (Å²) in [7, 11) is 0. The van der Waals surface area contributed by atoms with E-state index in [1.807, 2.05) is 0 Å². The third-order valence-electron chi connectivity index (χ3n) is 6.07. The molecule has 25 heavy (non-hydrogen) atoms. The molecule has 2 aromatic carbocycles. The second-order valence-electron chi connectivity index (χ2n) is 7.75. The maximum absolute atomic E-state index is 6.63. The van der Waals surface area contributed by atoms with Crippen molar-refractivity contribution in [1.29, 1.82) is 0 Å². The molecule has 0 unspecified atom stereocenters. The van der Waals surface area contributed by atoms with E-state index in [4.69, 9.17) is 9.84 Å². The fraction of sp³-hybridized carbons (Fsp3) is 0.409. The molecule has 0 saturated heterocycles. The minimum Gasteiger partial charge on any atom is -0.466 e. The zero-order valence-electron chi connectivity index (χ0n) is 14.7. The Morgan fingerprint density at radius 3 is 2.52 bits per heavy atom. The second-order valence-corrected chi connectivity index (χ2v) is 7.75. The minimum absolute atomic E-state index is 0.262. The van der Waals surface area contributed by atoms with Crippen molar-refractivity contribution in [3.63, 3.8) is 0 Å². The highest BCUT2D eigenvalue weighted by Gasteiger charge is 2.51. The van der Waals surface area contributed by atoms with Crippen LogP contribution in [-0.2, 0) is 0 Å². The van der Waals surface area contributed by atoms with Crippen LogP contribution in [0.4, 0.5) is 0 Å². The van der Waals surface area contributed by atoms with Crippen molar-refractivity contribution in [2.45, 2.75) is 50.8 Å². The van der Waals surface area contributed by atoms with Crippen molar-refractivity contribution in [3.05, 3.63) is 65.7 Å². The van der Waals surface area contributed by atoms with Gasteiger partial charge in [-0.15, -0.1) is 0 Å². The molecule has 1 fully saturated rings. The topological polar surface area (TPSA) is 24.8 Å². The molecular weight excluding hydrogens is 308 g/mol. The number of rotatable bonds is 1. The van der Waals surface area contributed by atoms with Gasteiger partial charge in [-0.25, -0.2) is 5.01 Å². The summed E-state index contributed by atoms with van der Waals surface area (Å²) in [6.07, 6.45) is 5.50. The zero-order chi connectivity index (χ0) is 16.9. The summed E-state index contributed by atoms with van der Waals surface area (Å²) in [4.78, 5) is 0. The monoisotopic (exact) mass is 332 g/mol. The highest BCUT2D eigenvalue weighted by molar-refractivity contribution is 6.01. The molecule has 0 radical (unpaired) electrons. The molecule has 1 aliphatic carbocycles. The van der Waals surface area contributed by atoms with Gasteiger partial charge in [-0.3, -0.25) is 0 Å². The lowest BCUT2D eigenvalue weighted by Gasteiger charge is -2.50. The van der Waals surface area contributed by atoms with E-state index >= 15 is 0 Å². The van der Waals surface area contributed by atoms with Crippen molar-refractivity contribution in [1.82, 2.24) is 5.01 Å². The molecule has 0 amide bonds. The molecule has 1 spiro atoms. The first-order chi connectivity index (χ1) is 12.3. The molecule has 2 heterocycles. The molecule has 3 aliphatic rings. The molecule has 2 aliphatic heterocycles. The maximum Gasteiger partial charge on any atom is 0.198 e. The van der Waals surface area contributed by atoms with Crippen LogP contribution in [0.15, 0.2) is 59.7 Å². The predicted molar refractivity (Wildman–Crippen MR) is 99.6 cm³/mol. The lowest BCUT2D eigenvalue weighted by molar-refractivity contribution is -0.145. The number of fused-ring (bicyclic) bond motifs is 4. The van der Waals surface area contributed by atoms with Gasteiger partial charge in [-0.1, -0.05) is 55.5 Å². The van der Waals surface area contributed by atoms with Crippen LogP contribution in [0.3, 0.4) is 0 Å². The maximum atomic E-state index is 6.63. The highest BCUT2D eigenvalue weighted by atomic mass is 16.5. The zero-order valence-corrected chi connectivity index (χ0v) is 14.7. The summed E-state index contributed by atoms with van der Waals surface area (Å²) in [5.74, 6) is 1.84. The normalized spacial score (nSPS) is 30.4. The van der Waals surface area contributed by atoms with Crippen LogP contribution in [-0.4, -0.2) is 16.4 Å². The van der Waals surface area contributed by atoms with Crippen LogP contribution in [0.1, 0.15) is 56.2 Å². The van der Waals surface area contributed by atoms with Gasteiger partial charge < -0.3 is 4.74 Å². The average molecular weight is 332 g/mol. The second kappa shape index (κ2) is 5.62. The molecule has 1 saturated carbocycles. The molecular formula is C22H24N2O. The van der Waals surface area contributed by atoms with E-state index in [9.17, 15) is 0 Å². The number of hydrazone groups is 1. The van der Waals surface area contributed by atoms with Gasteiger partial charge in [0.1, 0.15) is 5.75 Å². The Kier molecular flexibility index (Phi) is 3.37. The van der Waals surface area contributed by atoms with E-state index in [0.717, 1.165) is 30.9 Å². The predicted octanol–water partition coefficient (Wildman–Crippen LogP) is 5.14. The molecule has 5 rings (SSSR count). The molecule has 128 valence electrons. The Balaban J connectivity index is 1.59. The highest BCUT2D eigenvalue weighted by Crippen LogP contribution is 2.51. The van der Waals surface area contributed by atoms with E-state index in [-0.39, 0.29) is 5.72 Å². The van der Waals surface area contributed by atoms with Crippen LogP contribution in [0.2, 0.25) is 0 Å². The smallest absolute Gasteiger partial charge is 0.198 e. The van der Waals surface area contributed by atoms with Crippen molar-refractivity contribution >= 4 is 5.71 Å². The summed E-state index contributed by atoms with van der Waals surface area (Å²) in [6.45, 7) is 2.35. The van der Waals surface area contributed by atoms with Gasteiger partial charge in [0, 0.05) is 24.8 Å². The molecule has 0 N–H and O–H groups in total. The number of para-hydroxylation sites is 1. The standard InChI is InChI=1S/C22H24N2O/c1-16-11-13-22(14-12-16)24-20(18-9-5-6-10-21(18)25-22)15-19(23-24)17-7-3-2-4-8-17/h2-10,16,20H,11-15H2,1H3/t16?,20-,22?/m0/s1. The fourth-order valence-electron chi connectivity index (χ4n) is 4.58. The van der Waals surface area contributed by atoms with Crippen molar-refractivity contribution in [3.8, 4) is 5.75 Å². The molecule has 3 nitrogen and oxygen atoms in total. The van der Waals surface area contributed by atoms with Crippen LogP contribution in [0.25, 0.3) is 0 Å². The Morgan fingerprint density at radius 1 is 1.00 bits per heavy atom. The van der Waals surface area contributed by atoms with E-state index in [1.165, 1.54) is 29.7 Å². The molecule has 1 atom stereocenters. The number of hydrogen-bond donors (Lipinski definition) is 0. The molecule has 0 aromatic heterocycles. The van der Waals surface area contributed by atoms with Gasteiger partial charge >= 0.3 is 0 Å². The van der Waals surface area contributed by atoms with Gasteiger partial charge in [0.05, 0.1) is 11.8 Å². The summed E-state index contributed by atoms with van der Waals surface area (Å²) in [5.41, 5.74) is 3.43. The average Bonchev–Trinajstić information content (AvgIpc) is 3.12. The first-order valence-corrected chi connectivity index (χ1v) is 9.45. The van der Waals surface area contributed by atoms with E-state index < -0.39 is 0 Å². The van der Waals surface area contributed by atoms with E-state index in [1.54, 1.807) is 0 Å². The third-order valence-corrected chi connectivity index (χ3v) is 6.07. The van der Waals surface area contributed by atoms with Gasteiger partial charge in [0.25, 0.3) is 0 Å². The van der Waals surface area contributed by atoms with Crippen LogP contribution < -0.4 is 4.74 Å². The van der Waals surface area contributed by atoms with Crippen LogP contribution >= 0.6 is 0 Å². The van der Waals surface area contributed by atoms with Crippen molar-refractivity contribution < 1.29 is 4.74 Å². The van der Waals surface area contributed by atoms with E-state index in [0.29, 0.717) is 6.04 Å². The van der Waals surface area contributed by atoms with Crippen LogP contribution in [0, 0.1) is 5.92 Å². The molecule has 2 aromatic rings. The number of benzene rings is 2. The van der Waals surface area contributed by atoms with Gasteiger partial charge in [0.2, 0.25) is 0 Å². The largest absolute Gasteiger partial charge is 0.466 e. The fourth-order valence-corrected chi connectivity index (χ4v) is 4.58. The summed E-state index contributed by atoms with van der Waals surface area (Å²) < 4.78 is 6.63. The SMILES string of the molecule is CC1CCC2(CC1)Oc1ccccc1[C@@H]1CC(c3ccccc3)=NN12. The van der Waals surface area contributed by atoms with Gasteiger partial charge in [-0.05, 0) is 30.4 Å². The number of hydrogen-bond acceptors (Lipinski definition) is 3. The summed E-state index contributed by atoms with van der Waals surface area (Å²) >= 11 is 0. The van der Waals surface area contributed by atoms with Crippen LogP contribution in [0.5, 0.6) is 5.75 Å².